The Morgan fingerprint density at radius 2 is 2.04 bits per heavy atom. The van der Waals surface area contributed by atoms with Gasteiger partial charge < -0.3 is 4.90 Å². The van der Waals surface area contributed by atoms with Gasteiger partial charge in [-0.05, 0) is 52.0 Å². The molecule has 0 saturated carbocycles. The van der Waals surface area contributed by atoms with Gasteiger partial charge >= 0.3 is 0 Å². The Morgan fingerprint density at radius 3 is 2.72 bits per heavy atom. The molecule has 0 bridgehead atoms. The quantitative estimate of drug-likeness (QED) is 0.721. The second-order valence-corrected chi connectivity index (χ2v) is 7.64. The molecular formula is C18H22N6S. The minimum atomic E-state index is 0.399. The van der Waals surface area contributed by atoms with Crippen molar-refractivity contribution in [2.45, 2.75) is 32.2 Å². The Bertz CT molecular complexity index is 832. The van der Waals surface area contributed by atoms with Crippen molar-refractivity contribution in [2.75, 3.05) is 20.1 Å². The summed E-state index contributed by atoms with van der Waals surface area (Å²) in [6.45, 7) is 4.23. The molecule has 1 aliphatic rings. The van der Waals surface area contributed by atoms with Gasteiger partial charge in [0.05, 0.1) is 23.2 Å². The van der Waals surface area contributed by atoms with E-state index in [0.29, 0.717) is 11.9 Å². The Balaban J connectivity index is 1.68. The number of rotatable bonds is 4. The van der Waals surface area contributed by atoms with Gasteiger partial charge in [-0.3, -0.25) is 4.98 Å². The van der Waals surface area contributed by atoms with Crippen LogP contribution in [0.1, 0.15) is 35.4 Å². The predicted molar refractivity (Wildman–Crippen MR) is 98.7 cm³/mol. The van der Waals surface area contributed by atoms with Crippen LogP contribution in [-0.2, 0) is 6.42 Å². The number of hydrogen-bond donors (Lipinski definition) is 0. The average Bonchev–Trinajstić information content (AvgIpc) is 3.23. The normalized spacial score (nSPS) is 16.4. The van der Waals surface area contributed by atoms with Gasteiger partial charge in [-0.1, -0.05) is 6.07 Å². The van der Waals surface area contributed by atoms with Crippen molar-refractivity contribution in [2.24, 2.45) is 0 Å². The molecule has 0 spiro atoms. The van der Waals surface area contributed by atoms with E-state index in [1.807, 2.05) is 25.1 Å². The highest BCUT2D eigenvalue weighted by atomic mass is 32.1. The molecule has 25 heavy (non-hydrogen) atoms. The van der Waals surface area contributed by atoms with Gasteiger partial charge in [-0.25, -0.2) is 14.6 Å². The summed E-state index contributed by atoms with van der Waals surface area (Å²) in [7, 11) is 2.18. The van der Waals surface area contributed by atoms with Crippen LogP contribution < -0.4 is 0 Å². The summed E-state index contributed by atoms with van der Waals surface area (Å²) in [5.41, 5.74) is 1.89. The summed E-state index contributed by atoms with van der Waals surface area (Å²) in [6.07, 6.45) is 4.71. The molecule has 0 atom stereocenters. The molecule has 130 valence electrons. The standard InChI is InChI=1S/C18H22N6S/c1-13-20-14(12-25-13)11-17-21-18(16-5-3-4-8-19-16)22-24(17)15-6-9-23(2)10-7-15/h3-5,8,12,15H,6-7,9-11H2,1-2H3. The van der Waals surface area contributed by atoms with Crippen LogP contribution in [-0.4, -0.2) is 49.8 Å². The van der Waals surface area contributed by atoms with Crippen molar-refractivity contribution < 1.29 is 0 Å². The largest absolute Gasteiger partial charge is 0.306 e. The fourth-order valence-electron chi connectivity index (χ4n) is 3.26. The number of aryl methyl sites for hydroxylation is 1. The monoisotopic (exact) mass is 354 g/mol. The molecule has 0 aromatic carbocycles. The topological polar surface area (TPSA) is 59.7 Å². The zero-order valence-electron chi connectivity index (χ0n) is 14.6. The first-order chi connectivity index (χ1) is 12.2. The Kier molecular flexibility index (Phi) is 4.59. The third-order valence-corrected chi connectivity index (χ3v) is 5.46. The maximum Gasteiger partial charge on any atom is 0.200 e. The van der Waals surface area contributed by atoms with Crippen molar-refractivity contribution in [3.8, 4) is 11.5 Å². The van der Waals surface area contributed by atoms with Crippen molar-refractivity contribution in [1.82, 2.24) is 29.6 Å². The average molecular weight is 354 g/mol. The van der Waals surface area contributed by atoms with Gasteiger partial charge in [0.25, 0.3) is 0 Å². The lowest BCUT2D eigenvalue weighted by atomic mass is 10.1. The molecule has 6 nitrogen and oxygen atoms in total. The van der Waals surface area contributed by atoms with Crippen LogP contribution in [0.2, 0.25) is 0 Å². The number of thiazole rings is 1. The number of likely N-dealkylation sites (tertiary alicyclic amines) is 1. The van der Waals surface area contributed by atoms with E-state index in [9.17, 15) is 0 Å². The first-order valence-corrected chi connectivity index (χ1v) is 9.53. The molecule has 0 N–H and O–H groups in total. The first kappa shape index (κ1) is 16.4. The summed E-state index contributed by atoms with van der Waals surface area (Å²) in [4.78, 5) is 16.2. The SMILES string of the molecule is Cc1nc(Cc2nc(-c3ccccn3)nn2C2CCN(C)CC2)cs1. The van der Waals surface area contributed by atoms with E-state index < -0.39 is 0 Å². The molecule has 0 unspecified atom stereocenters. The van der Waals surface area contributed by atoms with E-state index >= 15 is 0 Å². The molecule has 7 heteroatoms. The summed E-state index contributed by atoms with van der Waals surface area (Å²) in [6, 6.07) is 6.25. The van der Waals surface area contributed by atoms with E-state index in [2.05, 4.69) is 32.0 Å². The van der Waals surface area contributed by atoms with Gasteiger partial charge in [0, 0.05) is 11.6 Å². The van der Waals surface area contributed by atoms with Crippen LogP contribution in [0.15, 0.2) is 29.8 Å². The first-order valence-electron chi connectivity index (χ1n) is 8.65. The Morgan fingerprint density at radius 1 is 1.20 bits per heavy atom. The summed E-state index contributed by atoms with van der Waals surface area (Å²) in [5.74, 6) is 1.70. The lowest BCUT2D eigenvalue weighted by Gasteiger charge is -2.29. The lowest BCUT2D eigenvalue weighted by Crippen LogP contribution is -2.32. The highest BCUT2D eigenvalue weighted by Crippen LogP contribution is 2.25. The molecule has 3 aromatic heterocycles. The molecular weight excluding hydrogens is 332 g/mol. The van der Waals surface area contributed by atoms with Crippen LogP contribution in [0, 0.1) is 6.92 Å². The molecule has 3 aromatic rings. The third-order valence-electron chi connectivity index (χ3n) is 4.64. The number of piperidine rings is 1. The van der Waals surface area contributed by atoms with Crippen LogP contribution in [0.4, 0.5) is 0 Å². The fraction of sp³-hybridized carbons (Fsp3) is 0.444. The maximum atomic E-state index is 4.83. The highest BCUT2D eigenvalue weighted by molar-refractivity contribution is 7.09. The molecule has 4 heterocycles. The van der Waals surface area contributed by atoms with Crippen LogP contribution in [0.5, 0.6) is 0 Å². The molecule has 4 rings (SSSR count). The van der Waals surface area contributed by atoms with Gasteiger partial charge in [0.15, 0.2) is 5.82 Å². The lowest BCUT2D eigenvalue weighted by molar-refractivity contribution is 0.210. The van der Waals surface area contributed by atoms with Gasteiger partial charge in [-0.2, -0.15) is 0 Å². The van der Waals surface area contributed by atoms with Crippen molar-refractivity contribution in [1.29, 1.82) is 0 Å². The molecule has 0 aliphatic carbocycles. The zero-order valence-corrected chi connectivity index (χ0v) is 15.4. The maximum absolute atomic E-state index is 4.83. The molecule has 1 aliphatic heterocycles. The predicted octanol–water partition coefficient (Wildman–Crippen LogP) is 2.96. The van der Waals surface area contributed by atoms with Gasteiger partial charge in [0.1, 0.15) is 11.5 Å². The van der Waals surface area contributed by atoms with Crippen molar-refractivity contribution in [3.05, 3.63) is 46.3 Å². The Hall–Kier alpha value is -2.12. The van der Waals surface area contributed by atoms with Crippen molar-refractivity contribution >= 4 is 11.3 Å². The molecule has 1 fully saturated rings. The van der Waals surface area contributed by atoms with E-state index in [0.717, 1.165) is 54.6 Å². The highest BCUT2D eigenvalue weighted by Gasteiger charge is 2.24. The second-order valence-electron chi connectivity index (χ2n) is 6.58. The Labute approximate surface area is 151 Å². The van der Waals surface area contributed by atoms with Crippen LogP contribution in [0.25, 0.3) is 11.5 Å². The number of nitrogens with zero attached hydrogens (tertiary/aromatic N) is 6. The van der Waals surface area contributed by atoms with Crippen molar-refractivity contribution in [3.63, 3.8) is 0 Å². The number of hydrogen-bond acceptors (Lipinski definition) is 6. The number of pyridine rings is 1. The summed E-state index contributed by atoms with van der Waals surface area (Å²) in [5, 5.41) is 8.04. The van der Waals surface area contributed by atoms with E-state index in [-0.39, 0.29) is 0 Å². The fourth-order valence-corrected chi connectivity index (χ4v) is 3.88. The van der Waals surface area contributed by atoms with E-state index in [4.69, 9.17) is 10.1 Å². The minimum Gasteiger partial charge on any atom is -0.306 e. The summed E-state index contributed by atoms with van der Waals surface area (Å²) >= 11 is 1.68. The molecule has 0 amide bonds. The summed E-state index contributed by atoms with van der Waals surface area (Å²) < 4.78 is 2.13. The van der Waals surface area contributed by atoms with Gasteiger partial charge in [0.2, 0.25) is 0 Å². The zero-order chi connectivity index (χ0) is 17.2. The second kappa shape index (κ2) is 7.01. The van der Waals surface area contributed by atoms with Crippen LogP contribution >= 0.6 is 11.3 Å². The van der Waals surface area contributed by atoms with Gasteiger partial charge in [-0.15, -0.1) is 16.4 Å². The number of aromatic nitrogens is 5. The smallest absolute Gasteiger partial charge is 0.200 e. The molecule has 1 saturated heterocycles. The minimum absolute atomic E-state index is 0.399. The van der Waals surface area contributed by atoms with Crippen LogP contribution in [0.3, 0.4) is 0 Å². The van der Waals surface area contributed by atoms with E-state index in [1.165, 1.54) is 0 Å². The molecule has 0 radical (unpaired) electrons. The third kappa shape index (κ3) is 3.62. The van der Waals surface area contributed by atoms with E-state index in [1.54, 1.807) is 17.5 Å².